The summed E-state index contributed by atoms with van der Waals surface area (Å²) in [7, 11) is 0. The van der Waals surface area contributed by atoms with Gasteiger partial charge in [-0.1, -0.05) is 13.0 Å². The van der Waals surface area contributed by atoms with Crippen LogP contribution < -0.4 is 5.32 Å². The first-order chi connectivity index (χ1) is 11.4. The van der Waals surface area contributed by atoms with Gasteiger partial charge < -0.3 is 10.4 Å². The van der Waals surface area contributed by atoms with Gasteiger partial charge in [0.05, 0.1) is 11.0 Å². The molecule has 132 valence electrons. The molecule has 1 fully saturated rings. The van der Waals surface area contributed by atoms with Gasteiger partial charge >= 0.3 is 0 Å². The minimum absolute atomic E-state index is 0.0211. The zero-order valence-corrected chi connectivity index (χ0v) is 14.2. The fourth-order valence-electron chi connectivity index (χ4n) is 3.12. The molecule has 7 heteroatoms. The first kappa shape index (κ1) is 18.4. The standard InChI is InChI=1S/C17H25N3O4/c1-3-17(12-21)7-9-19(10-8-17)13(2)16(22)18-14-5-4-6-15(11-14)20(23)24/h4-6,11,13,21H,3,7-10,12H2,1-2H3,(H,18,22). The minimum Gasteiger partial charge on any atom is -0.396 e. The number of likely N-dealkylation sites (tertiary alicyclic amines) is 1. The molecular formula is C17H25N3O4. The van der Waals surface area contributed by atoms with Gasteiger partial charge in [-0.25, -0.2) is 0 Å². The molecule has 1 saturated heterocycles. The Kier molecular flexibility index (Phi) is 5.90. The predicted molar refractivity (Wildman–Crippen MR) is 91.8 cm³/mol. The second-order valence-electron chi connectivity index (χ2n) is 6.52. The fourth-order valence-corrected chi connectivity index (χ4v) is 3.12. The van der Waals surface area contributed by atoms with Crippen LogP contribution in [0.4, 0.5) is 11.4 Å². The highest BCUT2D eigenvalue weighted by atomic mass is 16.6. The van der Waals surface area contributed by atoms with Crippen molar-refractivity contribution in [2.45, 2.75) is 39.2 Å². The molecule has 24 heavy (non-hydrogen) atoms. The van der Waals surface area contributed by atoms with Gasteiger partial charge in [-0.05, 0) is 50.8 Å². The van der Waals surface area contributed by atoms with E-state index in [-0.39, 0.29) is 29.7 Å². The molecule has 0 bridgehead atoms. The molecule has 1 heterocycles. The van der Waals surface area contributed by atoms with Crippen molar-refractivity contribution in [2.24, 2.45) is 5.41 Å². The van der Waals surface area contributed by atoms with Gasteiger partial charge in [0.2, 0.25) is 5.91 Å². The van der Waals surface area contributed by atoms with Crippen molar-refractivity contribution in [2.75, 3.05) is 25.0 Å². The van der Waals surface area contributed by atoms with Crippen molar-refractivity contribution in [1.82, 2.24) is 4.90 Å². The molecule has 1 aliphatic rings. The molecule has 1 unspecified atom stereocenters. The Bertz CT molecular complexity index is 591. The van der Waals surface area contributed by atoms with E-state index in [0.717, 1.165) is 32.4 Å². The monoisotopic (exact) mass is 335 g/mol. The minimum atomic E-state index is -0.483. The van der Waals surface area contributed by atoms with E-state index in [0.29, 0.717) is 5.69 Å². The lowest BCUT2D eigenvalue weighted by Gasteiger charge is -2.42. The number of aliphatic hydroxyl groups excluding tert-OH is 1. The molecule has 1 aromatic carbocycles. The van der Waals surface area contributed by atoms with Crippen molar-refractivity contribution in [1.29, 1.82) is 0 Å². The van der Waals surface area contributed by atoms with Crippen molar-refractivity contribution < 1.29 is 14.8 Å². The Morgan fingerprint density at radius 2 is 2.12 bits per heavy atom. The van der Waals surface area contributed by atoms with E-state index in [1.165, 1.54) is 12.1 Å². The number of piperidine rings is 1. The number of hydrogen-bond acceptors (Lipinski definition) is 5. The third-order valence-electron chi connectivity index (χ3n) is 5.20. The number of benzene rings is 1. The maximum absolute atomic E-state index is 12.4. The van der Waals surface area contributed by atoms with E-state index in [4.69, 9.17) is 0 Å². The second-order valence-corrected chi connectivity index (χ2v) is 6.52. The third-order valence-corrected chi connectivity index (χ3v) is 5.20. The lowest BCUT2D eigenvalue weighted by atomic mass is 9.76. The van der Waals surface area contributed by atoms with Crippen LogP contribution in [0.3, 0.4) is 0 Å². The smallest absolute Gasteiger partial charge is 0.271 e. The number of rotatable bonds is 6. The van der Waals surface area contributed by atoms with Crippen LogP contribution in [-0.2, 0) is 4.79 Å². The number of anilines is 1. The Labute approximate surface area is 141 Å². The number of nitro benzene ring substituents is 1. The molecule has 1 aromatic rings. The van der Waals surface area contributed by atoms with Gasteiger partial charge in [-0.3, -0.25) is 19.8 Å². The van der Waals surface area contributed by atoms with Crippen molar-refractivity contribution in [3.05, 3.63) is 34.4 Å². The first-order valence-corrected chi connectivity index (χ1v) is 8.31. The summed E-state index contributed by atoms with van der Waals surface area (Å²) in [5, 5.41) is 23.1. The SMILES string of the molecule is CCC1(CO)CCN(C(C)C(=O)Nc2cccc([N+](=O)[O-])c2)CC1. The Morgan fingerprint density at radius 1 is 1.46 bits per heavy atom. The fraction of sp³-hybridized carbons (Fsp3) is 0.588. The summed E-state index contributed by atoms with van der Waals surface area (Å²) < 4.78 is 0. The van der Waals surface area contributed by atoms with Crippen LogP contribution in [0, 0.1) is 15.5 Å². The highest BCUT2D eigenvalue weighted by Gasteiger charge is 2.35. The number of nitrogens with zero attached hydrogens (tertiary/aromatic N) is 2. The van der Waals surface area contributed by atoms with Crippen molar-refractivity contribution in [3.8, 4) is 0 Å². The summed E-state index contributed by atoms with van der Waals surface area (Å²) in [4.78, 5) is 24.8. The van der Waals surface area contributed by atoms with Crippen LogP contribution >= 0.6 is 0 Å². The summed E-state index contributed by atoms with van der Waals surface area (Å²) >= 11 is 0. The lowest BCUT2D eigenvalue weighted by Crippen LogP contribution is -2.49. The molecule has 2 rings (SSSR count). The molecule has 0 radical (unpaired) electrons. The Hall–Kier alpha value is -1.99. The highest BCUT2D eigenvalue weighted by Crippen LogP contribution is 2.34. The van der Waals surface area contributed by atoms with Crippen LogP contribution in [0.1, 0.15) is 33.1 Å². The third kappa shape index (κ3) is 4.10. The van der Waals surface area contributed by atoms with Crippen LogP contribution in [0.2, 0.25) is 0 Å². The highest BCUT2D eigenvalue weighted by molar-refractivity contribution is 5.94. The summed E-state index contributed by atoms with van der Waals surface area (Å²) in [5.41, 5.74) is 0.359. The maximum Gasteiger partial charge on any atom is 0.271 e. The van der Waals surface area contributed by atoms with Crippen LogP contribution in [0.5, 0.6) is 0 Å². The molecule has 0 aliphatic carbocycles. The normalized spacial score (nSPS) is 18.8. The molecule has 0 saturated carbocycles. The van der Waals surface area contributed by atoms with Gasteiger partial charge in [0, 0.05) is 24.4 Å². The number of amides is 1. The average Bonchev–Trinajstić information content (AvgIpc) is 2.61. The molecule has 7 nitrogen and oxygen atoms in total. The zero-order valence-electron chi connectivity index (χ0n) is 14.2. The largest absolute Gasteiger partial charge is 0.396 e. The molecule has 1 aliphatic heterocycles. The summed E-state index contributed by atoms with van der Waals surface area (Å²) in [6.07, 6.45) is 2.68. The molecule has 1 atom stereocenters. The van der Waals surface area contributed by atoms with Crippen LogP contribution in [0.25, 0.3) is 0 Å². The topological polar surface area (TPSA) is 95.7 Å². The first-order valence-electron chi connectivity index (χ1n) is 8.31. The van der Waals surface area contributed by atoms with Crippen molar-refractivity contribution >= 4 is 17.3 Å². The van der Waals surface area contributed by atoms with Gasteiger partial charge in [0.15, 0.2) is 0 Å². The van der Waals surface area contributed by atoms with E-state index in [1.54, 1.807) is 12.1 Å². The predicted octanol–water partition coefficient (Wildman–Crippen LogP) is 2.41. The number of hydrogen-bond donors (Lipinski definition) is 2. The molecule has 2 N–H and O–H groups in total. The van der Waals surface area contributed by atoms with Gasteiger partial charge in [-0.2, -0.15) is 0 Å². The zero-order chi connectivity index (χ0) is 17.7. The van der Waals surface area contributed by atoms with Crippen molar-refractivity contribution in [3.63, 3.8) is 0 Å². The average molecular weight is 335 g/mol. The van der Waals surface area contributed by atoms with Gasteiger partial charge in [-0.15, -0.1) is 0 Å². The lowest BCUT2D eigenvalue weighted by molar-refractivity contribution is -0.384. The summed E-state index contributed by atoms with van der Waals surface area (Å²) in [6.45, 7) is 5.64. The van der Waals surface area contributed by atoms with Crippen LogP contribution in [0.15, 0.2) is 24.3 Å². The summed E-state index contributed by atoms with van der Waals surface area (Å²) in [5.74, 6) is -0.177. The van der Waals surface area contributed by atoms with E-state index in [1.807, 2.05) is 6.92 Å². The summed E-state index contributed by atoms with van der Waals surface area (Å²) in [6, 6.07) is 5.62. The second kappa shape index (κ2) is 7.72. The van der Waals surface area contributed by atoms with E-state index in [2.05, 4.69) is 17.1 Å². The molecule has 1 amide bonds. The van der Waals surface area contributed by atoms with E-state index < -0.39 is 4.92 Å². The Balaban J connectivity index is 1.96. The number of aliphatic hydroxyl groups is 1. The van der Waals surface area contributed by atoms with E-state index in [9.17, 15) is 20.0 Å². The maximum atomic E-state index is 12.4. The quantitative estimate of drug-likeness (QED) is 0.615. The number of carbonyl (C=O) groups is 1. The molecular weight excluding hydrogens is 310 g/mol. The molecule has 0 aromatic heterocycles. The number of carbonyl (C=O) groups excluding carboxylic acids is 1. The van der Waals surface area contributed by atoms with Gasteiger partial charge in [0.25, 0.3) is 5.69 Å². The van der Waals surface area contributed by atoms with E-state index >= 15 is 0 Å². The van der Waals surface area contributed by atoms with Crippen LogP contribution in [-0.4, -0.2) is 46.6 Å². The molecule has 0 spiro atoms. The number of non-ortho nitro benzene ring substituents is 1. The number of nitrogens with one attached hydrogen (secondary N) is 1. The Morgan fingerprint density at radius 3 is 2.67 bits per heavy atom. The number of nitro groups is 1. The van der Waals surface area contributed by atoms with Gasteiger partial charge in [0.1, 0.15) is 0 Å².